The van der Waals surface area contributed by atoms with Crippen molar-refractivity contribution in [1.29, 1.82) is 5.26 Å². The van der Waals surface area contributed by atoms with Crippen LogP contribution in [-0.4, -0.2) is 32.9 Å². The molecule has 2 aromatic rings. The Kier molecular flexibility index (Phi) is 4.10. The van der Waals surface area contributed by atoms with Crippen LogP contribution in [0.3, 0.4) is 0 Å². The highest BCUT2D eigenvalue weighted by Crippen LogP contribution is 2.23. The fraction of sp³-hybridized carbons (Fsp3) is 0.500. The maximum absolute atomic E-state index is 9.66. The highest BCUT2D eigenvalue weighted by Gasteiger charge is 2.32. The van der Waals surface area contributed by atoms with Gasteiger partial charge in [-0.25, -0.2) is 4.98 Å². The van der Waals surface area contributed by atoms with Gasteiger partial charge in [0, 0.05) is 18.3 Å². The van der Waals surface area contributed by atoms with Gasteiger partial charge in [0.2, 0.25) is 0 Å². The van der Waals surface area contributed by atoms with E-state index in [4.69, 9.17) is 0 Å². The monoisotopic (exact) mass is 270 g/mol. The van der Waals surface area contributed by atoms with Gasteiger partial charge in [0.25, 0.3) is 0 Å². The zero-order valence-electron chi connectivity index (χ0n) is 12.7. The van der Waals surface area contributed by atoms with Gasteiger partial charge < -0.3 is 4.40 Å². The average molecular weight is 270 g/mol. The van der Waals surface area contributed by atoms with E-state index in [0.29, 0.717) is 6.42 Å². The Morgan fingerprint density at radius 1 is 1.35 bits per heavy atom. The molecule has 0 amide bonds. The molecule has 2 aromatic heterocycles. The first-order chi connectivity index (χ1) is 9.55. The van der Waals surface area contributed by atoms with Crippen LogP contribution >= 0.6 is 0 Å². The van der Waals surface area contributed by atoms with Crippen LogP contribution in [0.2, 0.25) is 0 Å². The molecular weight excluding hydrogens is 248 g/mol. The predicted octanol–water partition coefficient (Wildman–Crippen LogP) is 2.81. The zero-order chi connectivity index (χ0) is 14.8. The van der Waals surface area contributed by atoms with Crippen LogP contribution in [0.15, 0.2) is 24.4 Å². The lowest BCUT2D eigenvalue weighted by Crippen LogP contribution is -2.47. The minimum Gasteiger partial charge on any atom is -0.304 e. The Bertz CT molecular complexity index is 633. The molecule has 2 heterocycles. The summed E-state index contributed by atoms with van der Waals surface area (Å²) >= 11 is 0. The van der Waals surface area contributed by atoms with Gasteiger partial charge in [-0.2, -0.15) is 5.26 Å². The topological polar surface area (TPSA) is 44.3 Å². The van der Waals surface area contributed by atoms with Crippen molar-refractivity contribution in [2.45, 2.75) is 39.7 Å². The van der Waals surface area contributed by atoms with Gasteiger partial charge in [-0.3, -0.25) is 4.90 Å². The van der Waals surface area contributed by atoms with Crippen molar-refractivity contribution in [3.63, 3.8) is 0 Å². The Morgan fingerprint density at radius 2 is 2.05 bits per heavy atom. The van der Waals surface area contributed by atoms with Gasteiger partial charge in [-0.05, 0) is 39.1 Å². The molecule has 0 bridgehead atoms. The van der Waals surface area contributed by atoms with Gasteiger partial charge in [-0.1, -0.05) is 19.9 Å². The molecule has 4 nitrogen and oxygen atoms in total. The van der Waals surface area contributed by atoms with Crippen LogP contribution in [0, 0.1) is 18.3 Å². The number of hydrogen-bond acceptors (Lipinski definition) is 3. The highest BCUT2D eigenvalue weighted by molar-refractivity contribution is 5.43. The summed E-state index contributed by atoms with van der Waals surface area (Å²) < 4.78 is 2.09. The van der Waals surface area contributed by atoms with E-state index in [0.717, 1.165) is 30.1 Å². The normalized spacial score (nSPS) is 14.4. The Morgan fingerprint density at radius 3 is 2.65 bits per heavy atom. The number of nitrogens with zero attached hydrogens (tertiary/aromatic N) is 4. The lowest BCUT2D eigenvalue weighted by atomic mass is 9.94. The summed E-state index contributed by atoms with van der Waals surface area (Å²) in [5.41, 5.74) is 2.57. The largest absolute Gasteiger partial charge is 0.304 e. The van der Waals surface area contributed by atoms with Crippen molar-refractivity contribution < 1.29 is 0 Å². The third-order valence-corrected chi connectivity index (χ3v) is 4.04. The summed E-state index contributed by atoms with van der Waals surface area (Å²) in [5, 5.41) is 9.66. The van der Waals surface area contributed by atoms with Gasteiger partial charge in [-0.15, -0.1) is 0 Å². The van der Waals surface area contributed by atoms with Crippen LogP contribution in [0.4, 0.5) is 0 Å². The third-order valence-electron chi connectivity index (χ3n) is 4.04. The Balaban J connectivity index is 2.45. The first-order valence-corrected chi connectivity index (χ1v) is 7.14. The Hall–Kier alpha value is -1.86. The lowest BCUT2D eigenvalue weighted by Gasteiger charge is -2.34. The molecule has 0 saturated heterocycles. The first-order valence-electron chi connectivity index (χ1n) is 7.14. The molecule has 0 fully saturated rings. The zero-order valence-corrected chi connectivity index (χ0v) is 12.7. The number of hydrogen-bond donors (Lipinski definition) is 0. The minimum atomic E-state index is -0.500. The molecular formula is C16H22N4. The van der Waals surface area contributed by atoms with Crippen LogP contribution < -0.4 is 0 Å². The molecule has 106 valence electrons. The number of likely N-dealkylation sites (N-methyl/N-ethyl adjacent to an activating group) is 1. The number of fused-ring (bicyclic) bond motifs is 1. The van der Waals surface area contributed by atoms with E-state index in [9.17, 15) is 5.26 Å². The second kappa shape index (κ2) is 5.64. The minimum absolute atomic E-state index is 0.500. The summed E-state index contributed by atoms with van der Waals surface area (Å²) in [6.07, 6.45) is 2.70. The summed E-state index contributed by atoms with van der Waals surface area (Å²) in [7, 11) is 0. The number of nitriles is 1. The molecule has 1 atom stereocenters. The van der Waals surface area contributed by atoms with Crippen molar-refractivity contribution in [3.05, 3.63) is 35.8 Å². The molecule has 1 unspecified atom stereocenters. The van der Waals surface area contributed by atoms with Crippen molar-refractivity contribution in [2.24, 2.45) is 0 Å². The number of imidazole rings is 1. The molecule has 0 aliphatic rings. The van der Waals surface area contributed by atoms with Crippen LogP contribution in [0.1, 0.15) is 32.2 Å². The smallest absolute Gasteiger partial charge is 0.137 e. The van der Waals surface area contributed by atoms with E-state index >= 15 is 0 Å². The molecule has 0 radical (unpaired) electrons. The van der Waals surface area contributed by atoms with Crippen molar-refractivity contribution >= 4 is 5.65 Å². The van der Waals surface area contributed by atoms with E-state index in [1.54, 1.807) is 0 Å². The second-order valence-corrected chi connectivity index (χ2v) is 5.31. The van der Waals surface area contributed by atoms with E-state index in [1.807, 2.05) is 38.2 Å². The lowest BCUT2D eigenvalue weighted by molar-refractivity contribution is 0.167. The maximum Gasteiger partial charge on any atom is 0.137 e. The SMILES string of the molecule is CCN(CC)C(C)(C#N)Cc1c(C)nc2ccccn12. The van der Waals surface area contributed by atoms with Crippen molar-refractivity contribution in [3.8, 4) is 6.07 Å². The number of pyridine rings is 1. The van der Waals surface area contributed by atoms with Gasteiger partial charge in [0.05, 0.1) is 11.8 Å². The van der Waals surface area contributed by atoms with E-state index < -0.39 is 5.54 Å². The molecule has 0 aromatic carbocycles. The van der Waals surface area contributed by atoms with Crippen LogP contribution in [0.25, 0.3) is 5.65 Å². The van der Waals surface area contributed by atoms with E-state index in [1.165, 1.54) is 0 Å². The Labute approximate surface area is 120 Å². The number of rotatable bonds is 5. The molecule has 20 heavy (non-hydrogen) atoms. The second-order valence-electron chi connectivity index (χ2n) is 5.31. The third kappa shape index (κ3) is 2.41. The molecule has 0 spiro atoms. The van der Waals surface area contributed by atoms with Crippen molar-refractivity contribution in [2.75, 3.05) is 13.1 Å². The van der Waals surface area contributed by atoms with E-state index in [2.05, 4.69) is 34.2 Å². The van der Waals surface area contributed by atoms with E-state index in [-0.39, 0.29) is 0 Å². The van der Waals surface area contributed by atoms with Gasteiger partial charge in [0.15, 0.2) is 0 Å². The molecule has 0 aliphatic carbocycles. The number of aromatic nitrogens is 2. The molecule has 2 rings (SSSR count). The fourth-order valence-electron chi connectivity index (χ4n) is 2.85. The van der Waals surface area contributed by atoms with Crippen LogP contribution in [0.5, 0.6) is 0 Å². The standard InChI is InChI=1S/C16H22N4/c1-5-19(6-2)16(4,12-17)11-14-13(3)18-15-9-7-8-10-20(14)15/h7-10H,5-6,11H2,1-4H3. The summed E-state index contributed by atoms with van der Waals surface area (Å²) in [6, 6.07) is 8.48. The quantitative estimate of drug-likeness (QED) is 0.839. The van der Waals surface area contributed by atoms with Crippen LogP contribution in [-0.2, 0) is 6.42 Å². The summed E-state index contributed by atoms with van der Waals surface area (Å²) in [4.78, 5) is 6.78. The van der Waals surface area contributed by atoms with Crippen molar-refractivity contribution in [1.82, 2.24) is 14.3 Å². The number of aryl methyl sites for hydroxylation is 1. The first kappa shape index (κ1) is 14.5. The predicted molar refractivity (Wildman–Crippen MR) is 80.6 cm³/mol. The molecule has 0 saturated carbocycles. The molecule has 4 heteroatoms. The van der Waals surface area contributed by atoms with Gasteiger partial charge >= 0.3 is 0 Å². The summed E-state index contributed by atoms with van der Waals surface area (Å²) in [6.45, 7) is 9.97. The molecule has 0 N–H and O–H groups in total. The summed E-state index contributed by atoms with van der Waals surface area (Å²) in [5.74, 6) is 0. The average Bonchev–Trinajstić information content (AvgIpc) is 2.76. The van der Waals surface area contributed by atoms with Gasteiger partial charge in [0.1, 0.15) is 11.2 Å². The maximum atomic E-state index is 9.66. The molecule has 0 aliphatic heterocycles. The fourth-order valence-corrected chi connectivity index (χ4v) is 2.85. The highest BCUT2D eigenvalue weighted by atomic mass is 15.2.